The third-order valence-corrected chi connectivity index (χ3v) is 3.54. The van der Waals surface area contributed by atoms with Crippen molar-refractivity contribution in [3.8, 4) is 11.5 Å². The molecule has 0 fully saturated rings. The largest absolute Gasteiger partial charge is 0.504 e. The van der Waals surface area contributed by atoms with Crippen molar-refractivity contribution < 1.29 is 9.84 Å². The molecular formula is C14H13ClINO2. The highest BCUT2D eigenvalue weighted by Gasteiger charge is 2.09. The minimum absolute atomic E-state index is 0.116. The van der Waals surface area contributed by atoms with Crippen molar-refractivity contribution in [1.29, 1.82) is 0 Å². The molecule has 3 nitrogen and oxygen atoms in total. The maximum Gasteiger partial charge on any atom is 0.162 e. The van der Waals surface area contributed by atoms with Crippen molar-refractivity contribution in [2.24, 2.45) is 0 Å². The average Bonchev–Trinajstić information content (AvgIpc) is 2.39. The van der Waals surface area contributed by atoms with E-state index in [0.29, 0.717) is 22.9 Å². The lowest BCUT2D eigenvalue weighted by Gasteiger charge is -2.11. The molecule has 0 heterocycles. The number of hydrogen-bond acceptors (Lipinski definition) is 3. The highest BCUT2D eigenvalue weighted by atomic mass is 127. The fourth-order valence-electron chi connectivity index (χ4n) is 1.71. The molecule has 0 aliphatic rings. The molecular weight excluding hydrogens is 377 g/mol. The molecule has 2 aromatic rings. The number of methoxy groups -OCH3 is 1. The minimum atomic E-state index is 0.116. The number of anilines is 1. The molecule has 0 aromatic heterocycles. The molecule has 0 saturated carbocycles. The molecule has 0 atom stereocenters. The second-order valence-electron chi connectivity index (χ2n) is 3.98. The second kappa shape index (κ2) is 6.34. The van der Waals surface area contributed by atoms with Gasteiger partial charge in [0.05, 0.1) is 7.11 Å². The Bertz CT molecular complexity index is 590. The summed E-state index contributed by atoms with van der Waals surface area (Å²) in [7, 11) is 1.50. The van der Waals surface area contributed by atoms with E-state index < -0.39 is 0 Å². The van der Waals surface area contributed by atoms with E-state index in [-0.39, 0.29) is 5.75 Å². The molecule has 0 radical (unpaired) electrons. The zero-order valence-electron chi connectivity index (χ0n) is 10.3. The fraction of sp³-hybridized carbons (Fsp3) is 0.143. The molecule has 0 aliphatic heterocycles. The number of hydrogen-bond donors (Lipinski definition) is 2. The maximum atomic E-state index is 10.0. The number of phenols is 1. The number of benzene rings is 2. The van der Waals surface area contributed by atoms with E-state index in [4.69, 9.17) is 16.3 Å². The van der Waals surface area contributed by atoms with E-state index in [1.165, 1.54) is 7.11 Å². The van der Waals surface area contributed by atoms with Crippen molar-refractivity contribution >= 4 is 39.9 Å². The van der Waals surface area contributed by atoms with Gasteiger partial charge in [0.2, 0.25) is 0 Å². The van der Waals surface area contributed by atoms with Crippen LogP contribution in [0.3, 0.4) is 0 Å². The van der Waals surface area contributed by atoms with Crippen LogP contribution in [-0.2, 0) is 6.54 Å². The van der Waals surface area contributed by atoms with Gasteiger partial charge in [-0.25, -0.2) is 0 Å². The van der Waals surface area contributed by atoms with Gasteiger partial charge in [0.15, 0.2) is 11.5 Å². The lowest BCUT2D eigenvalue weighted by atomic mass is 10.1. The first-order valence-corrected chi connectivity index (χ1v) is 7.10. The standard InChI is InChI=1S/C14H13ClINO2/c1-19-13-6-10(15)5-9(14(13)18)8-17-12-4-2-3-11(16)7-12/h2-7,17-18H,8H2,1H3. The molecule has 5 heteroatoms. The molecule has 0 amide bonds. The van der Waals surface area contributed by atoms with Crippen LogP contribution in [0.4, 0.5) is 5.69 Å². The van der Waals surface area contributed by atoms with E-state index in [1.54, 1.807) is 12.1 Å². The summed E-state index contributed by atoms with van der Waals surface area (Å²) in [5, 5.41) is 13.8. The van der Waals surface area contributed by atoms with Crippen molar-refractivity contribution in [3.63, 3.8) is 0 Å². The fourth-order valence-corrected chi connectivity index (χ4v) is 2.49. The van der Waals surface area contributed by atoms with Crippen molar-refractivity contribution in [2.75, 3.05) is 12.4 Å². The van der Waals surface area contributed by atoms with Crippen molar-refractivity contribution in [1.82, 2.24) is 0 Å². The lowest BCUT2D eigenvalue weighted by molar-refractivity contribution is 0.371. The second-order valence-corrected chi connectivity index (χ2v) is 5.66. The van der Waals surface area contributed by atoms with Crippen LogP contribution in [0.15, 0.2) is 36.4 Å². The first-order chi connectivity index (χ1) is 9.10. The van der Waals surface area contributed by atoms with Crippen LogP contribution < -0.4 is 10.1 Å². The highest BCUT2D eigenvalue weighted by Crippen LogP contribution is 2.33. The van der Waals surface area contributed by atoms with Crippen LogP contribution in [0.2, 0.25) is 5.02 Å². The Labute approximate surface area is 130 Å². The van der Waals surface area contributed by atoms with Crippen LogP contribution in [0.5, 0.6) is 11.5 Å². The highest BCUT2D eigenvalue weighted by molar-refractivity contribution is 14.1. The van der Waals surface area contributed by atoms with Crippen molar-refractivity contribution in [3.05, 3.63) is 50.6 Å². The van der Waals surface area contributed by atoms with E-state index in [2.05, 4.69) is 27.9 Å². The Kier molecular flexibility index (Phi) is 4.76. The Morgan fingerprint density at radius 2 is 2.11 bits per heavy atom. The maximum absolute atomic E-state index is 10.0. The van der Waals surface area contributed by atoms with E-state index in [0.717, 1.165) is 9.26 Å². The number of phenolic OH excluding ortho intramolecular Hbond substituents is 1. The predicted octanol–water partition coefficient (Wildman–Crippen LogP) is 4.27. The molecule has 0 spiro atoms. The van der Waals surface area contributed by atoms with Gasteiger partial charge in [-0.2, -0.15) is 0 Å². The smallest absolute Gasteiger partial charge is 0.162 e. The summed E-state index contributed by atoms with van der Waals surface area (Å²) < 4.78 is 6.22. The predicted molar refractivity (Wildman–Crippen MR) is 86.2 cm³/mol. The summed E-state index contributed by atoms with van der Waals surface area (Å²) in [4.78, 5) is 0. The topological polar surface area (TPSA) is 41.5 Å². The minimum Gasteiger partial charge on any atom is -0.504 e. The van der Waals surface area contributed by atoms with Crippen LogP contribution in [-0.4, -0.2) is 12.2 Å². The third kappa shape index (κ3) is 3.67. The van der Waals surface area contributed by atoms with Gasteiger partial charge < -0.3 is 15.2 Å². The summed E-state index contributed by atoms with van der Waals surface area (Å²) in [5.74, 6) is 0.497. The molecule has 2 aromatic carbocycles. The van der Waals surface area contributed by atoms with Gasteiger partial charge in [-0.15, -0.1) is 0 Å². The first-order valence-electron chi connectivity index (χ1n) is 5.65. The summed E-state index contributed by atoms with van der Waals surface area (Å²) in [5.41, 5.74) is 1.69. The Morgan fingerprint density at radius 1 is 1.32 bits per heavy atom. The van der Waals surface area contributed by atoms with E-state index in [9.17, 15) is 5.11 Å². The van der Waals surface area contributed by atoms with Crippen LogP contribution in [0.25, 0.3) is 0 Å². The lowest BCUT2D eigenvalue weighted by Crippen LogP contribution is -2.00. The van der Waals surface area contributed by atoms with Gasteiger partial charge in [0.25, 0.3) is 0 Å². The summed E-state index contributed by atoms with van der Waals surface area (Å²) in [6.07, 6.45) is 0. The molecule has 0 unspecified atom stereocenters. The molecule has 100 valence electrons. The number of halogens is 2. The molecule has 0 bridgehead atoms. The summed E-state index contributed by atoms with van der Waals surface area (Å²) >= 11 is 8.24. The summed E-state index contributed by atoms with van der Waals surface area (Å²) in [6.45, 7) is 0.475. The SMILES string of the molecule is COc1cc(Cl)cc(CNc2cccc(I)c2)c1O. The molecule has 2 N–H and O–H groups in total. The number of nitrogens with one attached hydrogen (secondary N) is 1. The average molecular weight is 390 g/mol. The molecule has 19 heavy (non-hydrogen) atoms. The quantitative estimate of drug-likeness (QED) is 0.767. The Hall–Kier alpha value is -1.14. The zero-order valence-corrected chi connectivity index (χ0v) is 13.2. The summed E-state index contributed by atoms with van der Waals surface area (Å²) in [6, 6.07) is 11.3. The first kappa shape index (κ1) is 14.3. The number of aromatic hydroxyl groups is 1. The zero-order chi connectivity index (χ0) is 13.8. The van der Waals surface area contributed by atoms with Gasteiger partial charge >= 0.3 is 0 Å². The molecule has 2 rings (SSSR count). The van der Waals surface area contributed by atoms with Crippen molar-refractivity contribution in [2.45, 2.75) is 6.54 Å². The van der Waals surface area contributed by atoms with Gasteiger partial charge in [-0.1, -0.05) is 17.7 Å². The van der Waals surface area contributed by atoms with Gasteiger partial charge in [-0.3, -0.25) is 0 Å². The van der Waals surface area contributed by atoms with E-state index >= 15 is 0 Å². The Morgan fingerprint density at radius 3 is 2.79 bits per heavy atom. The molecule has 0 aliphatic carbocycles. The van der Waals surface area contributed by atoms with Crippen LogP contribution in [0.1, 0.15) is 5.56 Å². The van der Waals surface area contributed by atoms with Gasteiger partial charge in [0.1, 0.15) is 0 Å². The molecule has 0 saturated heterocycles. The normalized spacial score (nSPS) is 10.3. The third-order valence-electron chi connectivity index (χ3n) is 2.65. The Balaban J connectivity index is 2.17. The van der Waals surface area contributed by atoms with E-state index in [1.807, 2.05) is 24.3 Å². The van der Waals surface area contributed by atoms with Gasteiger partial charge in [-0.05, 0) is 46.9 Å². The van der Waals surface area contributed by atoms with Gasteiger partial charge in [0, 0.05) is 32.5 Å². The monoisotopic (exact) mass is 389 g/mol. The van der Waals surface area contributed by atoms with Crippen LogP contribution in [0, 0.1) is 3.57 Å². The van der Waals surface area contributed by atoms with Crippen LogP contribution >= 0.6 is 34.2 Å². The number of ether oxygens (including phenoxy) is 1. The number of rotatable bonds is 4.